The number of hydrogen-bond acceptors (Lipinski definition) is 4. The number of rotatable bonds is 1. The normalized spacial score (nSPS) is 56.7. The predicted octanol–water partition coefficient (Wildman–Crippen LogP) is 2.21. The van der Waals surface area contributed by atoms with Gasteiger partial charge in [0.15, 0.2) is 11.3 Å². The van der Waals surface area contributed by atoms with Crippen LogP contribution in [0.25, 0.3) is 0 Å². The number of carboxylic acids is 1. The van der Waals surface area contributed by atoms with Gasteiger partial charge in [-0.2, -0.15) is 0 Å². The van der Waals surface area contributed by atoms with E-state index in [2.05, 4.69) is 0 Å². The molecule has 27 heavy (non-hydrogen) atoms. The van der Waals surface area contributed by atoms with Crippen LogP contribution in [0, 0.1) is 28.6 Å². The van der Waals surface area contributed by atoms with Gasteiger partial charge in [-0.25, -0.2) is 9.18 Å². The number of fused-ring (bicyclic) bond motifs is 5. The molecule has 1 unspecified atom stereocenters. The second-order valence-electron chi connectivity index (χ2n) is 9.61. The number of hydrogen-bond donors (Lipinski definition) is 4. The Hall–Kier alpha value is -1.24. The monoisotopic (exact) mass is 380 g/mol. The van der Waals surface area contributed by atoms with E-state index in [0.29, 0.717) is 19.3 Å². The highest BCUT2D eigenvalue weighted by Gasteiger charge is 2.75. The van der Waals surface area contributed by atoms with Crippen LogP contribution in [0.15, 0.2) is 23.8 Å². The highest BCUT2D eigenvalue weighted by Crippen LogP contribution is 2.70. The molecular formula is C21H29FO5. The van der Waals surface area contributed by atoms with Gasteiger partial charge in [0, 0.05) is 16.7 Å². The third-order valence-corrected chi connectivity index (χ3v) is 8.65. The third-order valence-electron chi connectivity index (χ3n) is 8.65. The van der Waals surface area contributed by atoms with E-state index in [1.807, 2.05) is 0 Å². The van der Waals surface area contributed by atoms with Crippen molar-refractivity contribution in [1.82, 2.24) is 0 Å². The van der Waals surface area contributed by atoms with E-state index in [9.17, 15) is 25.2 Å². The molecule has 4 aliphatic carbocycles. The Bertz CT molecular complexity index is 749. The van der Waals surface area contributed by atoms with E-state index >= 15 is 4.39 Å². The molecule has 0 bridgehead atoms. The molecule has 0 aromatic carbocycles. The quantitative estimate of drug-likeness (QED) is 0.523. The first-order valence-corrected chi connectivity index (χ1v) is 9.84. The number of carboxylic acid groups (broad SMARTS) is 1. The third kappa shape index (κ3) is 1.97. The lowest BCUT2D eigenvalue weighted by molar-refractivity contribution is -0.225. The van der Waals surface area contributed by atoms with Crippen LogP contribution in [-0.2, 0) is 4.79 Å². The Morgan fingerprint density at radius 3 is 2.56 bits per heavy atom. The first-order chi connectivity index (χ1) is 12.4. The largest absolute Gasteiger partial charge is 0.479 e. The lowest BCUT2D eigenvalue weighted by Crippen LogP contribution is -2.69. The van der Waals surface area contributed by atoms with Gasteiger partial charge in [0.05, 0.1) is 12.2 Å². The molecule has 4 rings (SSSR count). The van der Waals surface area contributed by atoms with Gasteiger partial charge in [-0.1, -0.05) is 37.6 Å². The fraction of sp³-hybridized carbons (Fsp3) is 0.762. The molecule has 9 atom stereocenters. The van der Waals surface area contributed by atoms with Gasteiger partial charge in [0.2, 0.25) is 0 Å². The fourth-order valence-electron chi connectivity index (χ4n) is 7.12. The van der Waals surface area contributed by atoms with Crippen LogP contribution in [0.2, 0.25) is 0 Å². The van der Waals surface area contributed by atoms with Crippen molar-refractivity contribution < 1.29 is 29.6 Å². The van der Waals surface area contributed by atoms with Crippen molar-refractivity contribution in [1.29, 1.82) is 0 Å². The predicted molar refractivity (Wildman–Crippen MR) is 96.5 cm³/mol. The van der Waals surface area contributed by atoms with Gasteiger partial charge in [0.1, 0.15) is 0 Å². The van der Waals surface area contributed by atoms with E-state index in [1.54, 1.807) is 39.0 Å². The molecule has 150 valence electrons. The summed E-state index contributed by atoms with van der Waals surface area (Å²) in [6.07, 6.45) is 4.14. The van der Waals surface area contributed by atoms with E-state index < -0.39 is 52.1 Å². The Morgan fingerprint density at radius 1 is 1.26 bits per heavy atom. The van der Waals surface area contributed by atoms with Crippen LogP contribution in [0.5, 0.6) is 0 Å². The Kier molecular flexibility index (Phi) is 3.84. The summed E-state index contributed by atoms with van der Waals surface area (Å²) >= 11 is 0. The molecule has 4 N–H and O–H groups in total. The van der Waals surface area contributed by atoms with Gasteiger partial charge >= 0.3 is 5.97 Å². The maximum Gasteiger partial charge on any atom is 0.336 e. The average molecular weight is 380 g/mol. The average Bonchev–Trinajstić information content (AvgIpc) is 2.79. The van der Waals surface area contributed by atoms with Crippen molar-refractivity contribution in [2.24, 2.45) is 28.6 Å². The molecule has 0 aliphatic heterocycles. The molecule has 0 amide bonds. The van der Waals surface area contributed by atoms with E-state index in [0.717, 1.165) is 5.57 Å². The number of alkyl halides is 1. The van der Waals surface area contributed by atoms with E-state index in [-0.39, 0.29) is 12.3 Å². The van der Waals surface area contributed by atoms with Crippen LogP contribution < -0.4 is 0 Å². The van der Waals surface area contributed by atoms with Gasteiger partial charge < -0.3 is 20.4 Å². The topological polar surface area (TPSA) is 98.0 Å². The summed E-state index contributed by atoms with van der Waals surface area (Å²) in [5.74, 6) is -2.69. The zero-order valence-corrected chi connectivity index (χ0v) is 16.0. The van der Waals surface area contributed by atoms with Crippen LogP contribution in [0.4, 0.5) is 4.39 Å². The summed E-state index contributed by atoms with van der Waals surface area (Å²) in [5, 5.41) is 41.9. The minimum Gasteiger partial charge on any atom is -0.479 e. The molecule has 5 nitrogen and oxygen atoms in total. The minimum atomic E-state index is -1.98. The molecule has 0 heterocycles. The molecular weight excluding hydrogens is 351 g/mol. The maximum atomic E-state index is 16.8. The highest BCUT2D eigenvalue weighted by atomic mass is 19.1. The summed E-state index contributed by atoms with van der Waals surface area (Å²) in [7, 11) is 0. The first kappa shape index (κ1) is 19.1. The summed E-state index contributed by atoms with van der Waals surface area (Å²) in [5.41, 5.74) is -5.27. The number of carbonyl (C=O) groups is 1. The van der Waals surface area contributed by atoms with Crippen molar-refractivity contribution in [3.05, 3.63) is 23.8 Å². The van der Waals surface area contributed by atoms with Crippen molar-refractivity contribution in [2.45, 2.75) is 69.9 Å². The number of allylic oxidation sites excluding steroid dienone is 2. The molecule has 0 spiro atoms. The van der Waals surface area contributed by atoms with E-state index in [1.165, 1.54) is 0 Å². The minimum absolute atomic E-state index is 0.100. The van der Waals surface area contributed by atoms with Crippen LogP contribution in [-0.4, -0.2) is 49.9 Å². The van der Waals surface area contributed by atoms with E-state index in [4.69, 9.17) is 0 Å². The SMILES string of the molecule is C[C@@H]1C[C@H]2[C@@H]3CCC4=CC(O)C=C[C@]4(C)[C@@]3(F)[C@@H](O)C[C@]2(C)[C@@]1(O)C(=O)O. The van der Waals surface area contributed by atoms with Gasteiger partial charge in [-0.05, 0) is 44.4 Å². The molecule has 0 aromatic heterocycles. The molecule has 0 saturated heterocycles. The van der Waals surface area contributed by atoms with Gasteiger partial charge in [-0.3, -0.25) is 0 Å². The van der Waals surface area contributed by atoms with Crippen molar-refractivity contribution in [3.63, 3.8) is 0 Å². The zero-order valence-electron chi connectivity index (χ0n) is 16.0. The van der Waals surface area contributed by atoms with Gasteiger partial charge in [0.25, 0.3) is 0 Å². The number of halogens is 1. The lowest BCUT2D eigenvalue weighted by Gasteiger charge is -2.62. The Labute approximate surface area is 158 Å². The summed E-state index contributed by atoms with van der Waals surface area (Å²) < 4.78 is 16.8. The van der Waals surface area contributed by atoms with Crippen molar-refractivity contribution >= 4 is 5.97 Å². The maximum absolute atomic E-state index is 16.8. The van der Waals surface area contributed by atoms with Crippen LogP contribution in [0.3, 0.4) is 0 Å². The Balaban J connectivity index is 1.84. The van der Waals surface area contributed by atoms with Crippen LogP contribution in [0.1, 0.15) is 46.5 Å². The second kappa shape index (κ2) is 5.43. The number of aliphatic hydroxyl groups is 3. The molecule has 6 heteroatoms. The Morgan fingerprint density at radius 2 is 1.93 bits per heavy atom. The van der Waals surface area contributed by atoms with Crippen molar-refractivity contribution in [3.8, 4) is 0 Å². The second-order valence-corrected chi connectivity index (χ2v) is 9.61. The summed E-state index contributed by atoms with van der Waals surface area (Å²) in [6.45, 7) is 5.17. The summed E-state index contributed by atoms with van der Waals surface area (Å²) in [4.78, 5) is 12.0. The molecule has 0 aromatic rings. The molecule has 3 saturated carbocycles. The molecule has 0 radical (unpaired) electrons. The molecule has 3 fully saturated rings. The number of aliphatic carboxylic acids is 1. The van der Waals surface area contributed by atoms with Gasteiger partial charge in [-0.15, -0.1) is 0 Å². The first-order valence-electron chi connectivity index (χ1n) is 9.84. The highest BCUT2D eigenvalue weighted by molar-refractivity contribution is 5.79. The zero-order chi connectivity index (χ0) is 20.0. The molecule has 4 aliphatic rings. The summed E-state index contributed by atoms with van der Waals surface area (Å²) in [6, 6.07) is 0. The smallest absolute Gasteiger partial charge is 0.336 e. The lowest BCUT2D eigenvalue weighted by atomic mass is 9.45. The van der Waals surface area contributed by atoms with Crippen molar-refractivity contribution in [2.75, 3.05) is 0 Å². The number of aliphatic hydroxyl groups excluding tert-OH is 2. The van der Waals surface area contributed by atoms with Crippen LogP contribution >= 0.6 is 0 Å². The fourth-order valence-corrected chi connectivity index (χ4v) is 7.12. The standard InChI is InChI=1S/C21H29FO5/c1-11-8-15-14-5-4-12-9-13(23)6-7-18(12,2)20(14,22)16(24)10-19(15,3)21(11,27)17(25)26/h6-7,9,11,13-16,23-24,27H,4-5,8,10H2,1-3H3,(H,25,26)/t11-,13?,14+,15+,16+,18+,19+,20+,21+/m1/s1.